The van der Waals surface area contributed by atoms with E-state index >= 15 is 0 Å². The highest BCUT2D eigenvalue weighted by Crippen LogP contribution is 2.44. The van der Waals surface area contributed by atoms with Crippen molar-refractivity contribution in [3.8, 4) is 11.5 Å². The monoisotopic (exact) mass is 485 g/mol. The molecule has 2 aromatic rings. The Kier molecular flexibility index (Phi) is 9.55. The van der Waals surface area contributed by atoms with Gasteiger partial charge < -0.3 is 19.5 Å². The third-order valence-corrected chi connectivity index (χ3v) is 7.75. The standard InChI is InChI=1S/C29H40FNO4/c1-5-6-14-29(28(32)33,24-10-8-23-20-25(30)11-9-22(23)19-24)15-17-31(2)16-13-21-7-12-26(34-3)27(18-21)35-4/h7,9,11-12,18,20,24H,5-6,8,10,13-17,19H2,1-4H3,(H,32,33)/t24-,29?/m1/s1. The molecule has 0 aromatic heterocycles. The SMILES string of the molecule is CCCCC(CCN(C)CCc1ccc(OC)c(OC)c1)(C(=O)O)[C@@H]1CCc2cc(F)ccc2C1. The number of rotatable bonds is 13. The number of carboxylic acids is 1. The molecule has 0 saturated heterocycles. The minimum absolute atomic E-state index is 0.0590. The highest BCUT2D eigenvalue weighted by atomic mass is 19.1. The van der Waals surface area contributed by atoms with E-state index in [2.05, 4.69) is 18.9 Å². The van der Waals surface area contributed by atoms with Crippen molar-refractivity contribution >= 4 is 5.97 Å². The molecule has 1 N–H and O–H groups in total. The number of hydrogen-bond donors (Lipinski definition) is 1. The summed E-state index contributed by atoms with van der Waals surface area (Å²) >= 11 is 0. The highest BCUT2D eigenvalue weighted by molar-refractivity contribution is 5.75. The van der Waals surface area contributed by atoms with Gasteiger partial charge in [-0.25, -0.2) is 4.39 Å². The number of ether oxygens (including phenoxy) is 2. The second-order valence-corrected chi connectivity index (χ2v) is 9.91. The van der Waals surface area contributed by atoms with Gasteiger partial charge in [0, 0.05) is 6.54 Å². The first-order valence-corrected chi connectivity index (χ1v) is 12.7. The van der Waals surface area contributed by atoms with E-state index in [1.165, 1.54) is 6.07 Å². The smallest absolute Gasteiger partial charge is 0.309 e. The Hall–Kier alpha value is -2.60. The van der Waals surface area contributed by atoms with Gasteiger partial charge in [0.25, 0.3) is 0 Å². The van der Waals surface area contributed by atoms with Crippen LogP contribution in [0.4, 0.5) is 4.39 Å². The molecule has 192 valence electrons. The fraction of sp³-hybridized carbons (Fsp3) is 0.552. The van der Waals surface area contributed by atoms with Crippen LogP contribution < -0.4 is 9.47 Å². The average molecular weight is 486 g/mol. The number of fused-ring (bicyclic) bond motifs is 1. The molecule has 1 aliphatic carbocycles. The zero-order valence-corrected chi connectivity index (χ0v) is 21.6. The average Bonchev–Trinajstić information content (AvgIpc) is 2.87. The number of halogens is 1. The van der Waals surface area contributed by atoms with E-state index < -0.39 is 11.4 Å². The third-order valence-electron chi connectivity index (χ3n) is 7.75. The van der Waals surface area contributed by atoms with Gasteiger partial charge in [-0.3, -0.25) is 4.79 Å². The Morgan fingerprint density at radius 3 is 2.54 bits per heavy atom. The number of nitrogens with zero attached hydrogens (tertiary/aromatic N) is 1. The first-order valence-electron chi connectivity index (χ1n) is 12.7. The van der Waals surface area contributed by atoms with Crippen molar-refractivity contribution in [2.75, 3.05) is 34.4 Å². The van der Waals surface area contributed by atoms with Crippen LogP contribution in [0.5, 0.6) is 11.5 Å². The van der Waals surface area contributed by atoms with Crippen molar-refractivity contribution in [1.29, 1.82) is 0 Å². The van der Waals surface area contributed by atoms with Gasteiger partial charge in [0.05, 0.1) is 19.6 Å². The van der Waals surface area contributed by atoms with Crippen molar-refractivity contribution in [2.45, 2.75) is 58.3 Å². The van der Waals surface area contributed by atoms with E-state index in [9.17, 15) is 14.3 Å². The van der Waals surface area contributed by atoms with Gasteiger partial charge in [0.2, 0.25) is 0 Å². The zero-order valence-electron chi connectivity index (χ0n) is 21.6. The van der Waals surface area contributed by atoms with Crippen molar-refractivity contribution in [3.63, 3.8) is 0 Å². The molecule has 35 heavy (non-hydrogen) atoms. The van der Waals surface area contributed by atoms with Crippen molar-refractivity contribution in [1.82, 2.24) is 4.90 Å². The molecule has 0 amide bonds. The molecule has 5 nitrogen and oxygen atoms in total. The van der Waals surface area contributed by atoms with E-state index in [0.29, 0.717) is 25.0 Å². The summed E-state index contributed by atoms with van der Waals surface area (Å²) < 4.78 is 24.4. The van der Waals surface area contributed by atoms with Gasteiger partial charge in [-0.15, -0.1) is 0 Å². The lowest BCUT2D eigenvalue weighted by atomic mass is 9.63. The Balaban J connectivity index is 1.69. The van der Waals surface area contributed by atoms with Gasteiger partial charge in [-0.1, -0.05) is 31.9 Å². The summed E-state index contributed by atoms with van der Waals surface area (Å²) in [6.45, 7) is 3.66. The maximum atomic E-state index is 13.7. The number of likely N-dealkylation sites (N-methyl/N-ethyl adjacent to an activating group) is 1. The van der Waals surface area contributed by atoms with Crippen LogP contribution >= 0.6 is 0 Å². The fourth-order valence-electron chi connectivity index (χ4n) is 5.47. The highest BCUT2D eigenvalue weighted by Gasteiger charge is 2.45. The molecule has 0 fully saturated rings. The van der Waals surface area contributed by atoms with Gasteiger partial charge in [0.1, 0.15) is 5.82 Å². The summed E-state index contributed by atoms with van der Waals surface area (Å²) in [5, 5.41) is 10.5. The summed E-state index contributed by atoms with van der Waals surface area (Å²) in [6, 6.07) is 10.9. The van der Waals surface area contributed by atoms with Crippen LogP contribution in [0.2, 0.25) is 0 Å². The molecule has 0 radical (unpaired) electrons. The maximum absolute atomic E-state index is 13.7. The summed E-state index contributed by atoms with van der Waals surface area (Å²) in [5.74, 6) is 0.588. The van der Waals surface area contributed by atoms with Crippen LogP contribution in [-0.2, 0) is 24.1 Å². The number of methoxy groups -OCH3 is 2. The maximum Gasteiger partial charge on any atom is 0.309 e. The molecule has 0 bridgehead atoms. The number of carboxylic acid groups (broad SMARTS) is 1. The van der Waals surface area contributed by atoms with E-state index in [1.54, 1.807) is 20.3 Å². The number of aryl methyl sites for hydroxylation is 1. The molecule has 0 aliphatic heterocycles. The first-order chi connectivity index (χ1) is 16.8. The predicted molar refractivity (Wildman–Crippen MR) is 137 cm³/mol. The third kappa shape index (κ3) is 6.54. The van der Waals surface area contributed by atoms with Crippen molar-refractivity contribution < 1.29 is 23.8 Å². The quantitative estimate of drug-likeness (QED) is 0.390. The van der Waals surface area contributed by atoms with Crippen LogP contribution in [0.1, 0.15) is 55.7 Å². The molecule has 2 aromatic carbocycles. The number of aliphatic carboxylic acids is 1. The summed E-state index contributed by atoms with van der Waals surface area (Å²) in [4.78, 5) is 15.0. The normalized spacial score (nSPS) is 17.0. The zero-order chi connectivity index (χ0) is 25.4. The van der Waals surface area contributed by atoms with Crippen molar-refractivity contribution in [2.24, 2.45) is 11.3 Å². The largest absolute Gasteiger partial charge is 0.493 e. The molecule has 3 rings (SSSR count). The molecule has 2 atom stereocenters. The Morgan fingerprint density at radius 1 is 1.09 bits per heavy atom. The van der Waals surface area contributed by atoms with Crippen LogP contribution in [0.15, 0.2) is 36.4 Å². The molecule has 6 heteroatoms. The lowest BCUT2D eigenvalue weighted by Gasteiger charge is -2.41. The van der Waals surface area contributed by atoms with Crippen LogP contribution in [0.3, 0.4) is 0 Å². The second kappa shape index (κ2) is 12.4. The van der Waals surface area contributed by atoms with E-state index in [0.717, 1.165) is 67.6 Å². The minimum Gasteiger partial charge on any atom is -0.493 e. The Labute approximate surface area is 209 Å². The number of hydrogen-bond acceptors (Lipinski definition) is 4. The molecule has 1 aliphatic rings. The summed E-state index contributed by atoms with van der Waals surface area (Å²) in [7, 11) is 5.32. The van der Waals surface area contributed by atoms with Crippen molar-refractivity contribution in [3.05, 3.63) is 58.9 Å². The Bertz CT molecular complexity index is 995. The number of unbranched alkanes of at least 4 members (excludes halogenated alkanes) is 1. The Morgan fingerprint density at radius 2 is 1.86 bits per heavy atom. The van der Waals surface area contributed by atoms with Gasteiger partial charge in [-0.05, 0) is 99.0 Å². The van der Waals surface area contributed by atoms with Crippen LogP contribution in [0, 0.1) is 17.2 Å². The fourth-order valence-corrected chi connectivity index (χ4v) is 5.47. The molecular weight excluding hydrogens is 445 g/mol. The lowest BCUT2D eigenvalue weighted by Crippen LogP contribution is -2.44. The molecule has 0 spiro atoms. The second-order valence-electron chi connectivity index (χ2n) is 9.91. The number of benzene rings is 2. The van der Waals surface area contributed by atoms with Crippen LogP contribution in [-0.4, -0.2) is 50.3 Å². The lowest BCUT2D eigenvalue weighted by molar-refractivity contribution is -0.155. The van der Waals surface area contributed by atoms with Crippen LogP contribution in [0.25, 0.3) is 0 Å². The van der Waals surface area contributed by atoms with Gasteiger partial charge >= 0.3 is 5.97 Å². The molecule has 0 saturated carbocycles. The minimum atomic E-state index is -0.764. The topological polar surface area (TPSA) is 59.0 Å². The van der Waals surface area contributed by atoms with E-state index in [4.69, 9.17) is 9.47 Å². The predicted octanol–water partition coefficient (Wildman–Crippen LogP) is 5.77. The number of carbonyl (C=O) groups is 1. The van der Waals surface area contributed by atoms with Gasteiger partial charge in [-0.2, -0.15) is 0 Å². The molecular formula is C29H40FNO4. The molecule has 0 heterocycles. The molecule has 1 unspecified atom stereocenters. The van der Waals surface area contributed by atoms with Gasteiger partial charge in [0.15, 0.2) is 11.5 Å². The van der Waals surface area contributed by atoms with E-state index in [1.807, 2.05) is 24.3 Å². The summed E-state index contributed by atoms with van der Waals surface area (Å²) in [5.41, 5.74) is 2.52. The van der Waals surface area contributed by atoms with E-state index in [-0.39, 0.29) is 11.7 Å². The first kappa shape index (κ1) is 27.0. The summed E-state index contributed by atoms with van der Waals surface area (Å²) in [6.07, 6.45) is 6.26.